The van der Waals surface area contributed by atoms with Crippen LogP contribution in [-0.4, -0.2) is 0 Å². The molecule has 0 N–H and O–H groups in total. The zero-order chi connectivity index (χ0) is 15.8. The molecule has 2 aliphatic heterocycles. The second-order valence-corrected chi connectivity index (χ2v) is 6.12. The second-order valence-electron chi connectivity index (χ2n) is 6.12. The molecule has 2 aliphatic rings. The van der Waals surface area contributed by atoms with E-state index in [2.05, 4.69) is 12.1 Å². The Balaban J connectivity index is 2.03. The fourth-order valence-electron chi connectivity index (χ4n) is 3.87. The molecule has 0 aromatic heterocycles. The number of nitriles is 1. The van der Waals surface area contributed by atoms with Gasteiger partial charge in [-0.1, -0.05) is 24.3 Å². The minimum atomic E-state index is 0.596. The average Bonchev–Trinajstić information content (AvgIpc) is 2.63. The fraction of sp³-hybridized carbons (Fsp3) is 0. The first-order valence-corrected chi connectivity index (χ1v) is 7.76. The lowest BCUT2D eigenvalue weighted by molar-refractivity contribution is 0.646. The van der Waals surface area contributed by atoms with E-state index in [1.54, 1.807) is 6.07 Å². The van der Waals surface area contributed by atoms with Crippen LogP contribution in [0, 0.1) is 11.3 Å². The molecule has 3 nitrogen and oxygen atoms in total. The van der Waals surface area contributed by atoms with Crippen molar-refractivity contribution in [3.05, 3.63) is 60.2 Å². The normalized spacial score (nSPS) is 12.1. The first kappa shape index (κ1) is 12.0. The van der Waals surface area contributed by atoms with Gasteiger partial charge in [-0.15, -0.1) is 0 Å². The van der Waals surface area contributed by atoms with Crippen molar-refractivity contribution in [2.75, 3.05) is 0 Å². The van der Waals surface area contributed by atoms with Gasteiger partial charge in [0.2, 0.25) is 0 Å². The summed E-state index contributed by atoms with van der Waals surface area (Å²) < 4.78 is 12.4. The molecular weight excluding hydrogens is 298 g/mol. The van der Waals surface area contributed by atoms with Crippen LogP contribution in [0.25, 0.3) is 55.0 Å². The van der Waals surface area contributed by atoms with E-state index in [4.69, 9.17) is 8.83 Å². The van der Waals surface area contributed by atoms with Crippen LogP contribution in [0.15, 0.2) is 63.4 Å². The van der Waals surface area contributed by atoms with Gasteiger partial charge in [-0.25, -0.2) is 0 Å². The van der Waals surface area contributed by atoms with E-state index in [1.165, 1.54) is 0 Å². The van der Waals surface area contributed by atoms with Crippen molar-refractivity contribution in [1.82, 2.24) is 0 Å². The summed E-state index contributed by atoms with van der Waals surface area (Å²) in [6, 6.07) is 20.0. The van der Waals surface area contributed by atoms with Gasteiger partial charge in [0, 0.05) is 21.9 Å². The third-order valence-corrected chi connectivity index (χ3v) is 4.83. The molecule has 6 rings (SSSR count). The van der Waals surface area contributed by atoms with E-state index in [0.717, 1.165) is 55.0 Å². The summed E-state index contributed by atoms with van der Waals surface area (Å²) in [6.07, 6.45) is 0. The van der Waals surface area contributed by atoms with Gasteiger partial charge in [0.25, 0.3) is 0 Å². The summed E-state index contributed by atoms with van der Waals surface area (Å²) in [6.45, 7) is 0. The number of hydrogen-bond acceptors (Lipinski definition) is 3. The zero-order valence-electron chi connectivity index (χ0n) is 12.5. The number of benzene rings is 4. The van der Waals surface area contributed by atoms with E-state index >= 15 is 0 Å². The van der Waals surface area contributed by atoms with Crippen LogP contribution in [-0.2, 0) is 0 Å². The molecule has 0 fully saturated rings. The Labute approximate surface area is 136 Å². The Bertz CT molecular complexity index is 1410. The Hall–Kier alpha value is -3.51. The van der Waals surface area contributed by atoms with Gasteiger partial charge in [0.1, 0.15) is 22.3 Å². The highest BCUT2D eigenvalue weighted by molar-refractivity contribution is 6.23. The lowest BCUT2D eigenvalue weighted by atomic mass is 9.90. The summed E-state index contributed by atoms with van der Waals surface area (Å²) in [4.78, 5) is 0. The maximum atomic E-state index is 9.27. The van der Waals surface area contributed by atoms with Gasteiger partial charge < -0.3 is 8.83 Å². The molecule has 0 amide bonds. The lowest BCUT2D eigenvalue weighted by Gasteiger charge is -2.19. The second kappa shape index (κ2) is 3.87. The Morgan fingerprint density at radius 2 is 1.38 bits per heavy atom. The van der Waals surface area contributed by atoms with Crippen molar-refractivity contribution in [1.29, 1.82) is 5.26 Å². The van der Waals surface area contributed by atoms with Gasteiger partial charge >= 0.3 is 0 Å². The Morgan fingerprint density at radius 3 is 2.17 bits per heavy atom. The van der Waals surface area contributed by atoms with Crippen LogP contribution in [0.1, 0.15) is 5.56 Å². The number of nitrogens with zero attached hydrogens (tertiary/aromatic N) is 1. The SMILES string of the molecule is N#Cc1cc2ccc3oc4cccc5ccc6oc(c1)c2c3-c6c54. The lowest BCUT2D eigenvalue weighted by Crippen LogP contribution is -1.94. The van der Waals surface area contributed by atoms with Crippen molar-refractivity contribution < 1.29 is 8.83 Å². The molecule has 0 bridgehead atoms. The average molecular weight is 307 g/mol. The highest BCUT2D eigenvalue weighted by Gasteiger charge is 2.24. The maximum Gasteiger partial charge on any atom is 0.137 e. The molecule has 0 saturated carbocycles. The number of hydrogen-bond donors (Lipinski definition) is 0. The fourth-order valence-corrected chi connectivity index (χ4v) is 3.87. The van der Waals surface area contributed by atoms with Crippen LogP contribution < -0.4 is 0 Å². The molecule has 4 aromatic rings. The summed E-state index contributed by atoms with van der Waals surface area (Å²) in [7, 11) is 0. The van der Waals surface area contributed by atoms with E-state index in [1.807, 2.05) is 42.5 Å². The predicted molar refractivity (Wildman–Crippen MR) is 93.5 cm³/mol. The van der Waals surface area contributed by atoms with E-state index < -0.39 is 0 Å². The van der Waals surface area contributed by atoms with Crippen molar-refractivity contribution in [2.45, 2.75) is 0 Å². The van der Waals surface area contributed by atoms with E-state index in [9.17, 15) is 5.26 Å². The third kappa shape index (κ3) is 1.28. The zero-order valence-corrected chi connectivity index (χ0v) is 12.5. The van der Waals surface area contributed by atoms with E-state index in [-0.39, 0.29) is 0 Å². The van der Waals surface area contributed by atoms with Crippen LogP contribution in [0.3, 0.4) is 0 Å². The quantitative estimate of drug-likeness (QED) is 0.259. The molecule has 0 spiro atoms. The van der Waals surface area contributed by atoms with E-state index in [0.29, 0.717) is 5.56 Å². The molecule has 4 aromatic carbocycles. The summed E-state index contributed by atoms with van der Waals surface area (Å²) in [5.41, 5.74) is 5.98. The van der Waals surface area contributed by atoms with Gasteiger partial charge in [-0.05, 0) is 41.1 Å². The molecule has 0 saturated heterocycles. The van der Waals surface area contributed by atoms with Gasteiger partial charge in [0.05, 0.1) is 11.6 Å². The van der Waals surface area contributed by atoms with Crippen LogP contribution >= 0.6 is 0 Å². The third-order valence-electron chi connectivity index (χ3n) is 4.83. The first-order chi connectivity index (χ1) is 11.8. The molecule has 2 heterocycles. The minimum Gasteiger partial charge on any atom is -0.456 e. The molecule has 0 atom stereocenters. The number of rotatable bonds is 0. The molecule has 0 unspecified atom stereocenters. The Kier molecular flexibility index (Phi) is 1.93. The molecule has 0 aliphatic carbocycles. The van der Waals surface area contributed by atoms with Crippen molar-refractivity contribution in [3.8, 4) is 17.2 Å². The summed E-state index contributed by atoms with van der Waals surface area (Å²) in [5.74, 6) is 0. The molecular formula is C21H9NO2. The first-order valence-electron chi connectivity index (χ1n) is 7.76. The topological polar surface area (TPSA) is 50.1 Å². The monoisotopic (exact) mass is 307 g/mol. The molecule has 3 heteroatoms. The highest BCUT2D eigenvalue weighted by atomic mass is 16.3. The standard InChI is InChI=1S/C21H9NO2/c22-10-11-8-13-5-7-15-21-19(13)17(9-11)24-16-6-4-12-2-1-3-14(23-15)18(12)20(16)21/h1-9H. The molecule has 24 heavy (non-hydrogen) atoms. The van der Waals surface area contributed by atoms with Crippen LogP contribution in [0.2, 0.25) is 0 Å². The highest BCUT2D eigenvalue weighted by Crippen LogP contribution is 2.47. The van der Waals surface area contributed by atoms with Gasteiger partial charge in [-0.2, -0.15) is 5.26 Å². The van der Waals surface area contributed by atoms with Gasteiger partial charge in [-0.3, -0.25) is 0 Å². The van der Waals surface area contributed by atoms with Crippen molar-refractivity contribution in [2.24, 2.45) is 0 Å². The summed E-state index contributed by atoms with van der Waals surface area (Å²) in [5, 5.41) is 13.5. The van der Waals surface area contributed by atoms with Gasteiger partial charge in [0.15, 0.2) is 0 Å². The summed E-state index contributed by atoms with van der Waals surface area (Å²) >= 11 is 0. The minimum absolute atomic E-state index is 0.596. The molecule has 110 valence electrons. The van der Waals surface area contributed by atoms with Crippen molar-refractivity contribution in [3.63, 3.8) is 0 Å². The predicted octanol–water partition coefficient (Wildman–Crippen LogP) is 5.90. The smallest absolute Gasteiger partial charge is 0.137 e. The van der Waals surface area contributed by atoms with Crippen molar-refractivity contribution >= 4 is 43.9 Å². The van der Waals surface area contributed by atoms with Crippen LogP contribution in [0.5, 0.6) is 0 Å². The molecule has 0 radical (unpaired) electrons. The maximum absolute atomic E-state index is 9.27. The largest absolute Gasteiger partial charge is 0.456 e. The Morgan fingerprint density at radius 1 is 0.667 bits per heavy atom. The van der Waals surface area contributed by atoms with Crippen LogP contribution in [0.4, 0.5) is 0 Å².